The summed E-state index contributed by atoms with van der Waals surface area (Å²) in [7, 11) is 0. The largest absolute Gasteiger partial charge is 0.494 e. The van der Waals surface area contributed by atoms with Crippen molar-refractivity contribution in [3.05, 3.63) is 70.7 Å². The van der Waals surface area contributed by atoms with Crippen molar-refractivity contribution in [1.29, 1.82) is 0 Å². The van der Waals surface area contributed by atoms with Gasteiger partial charge in [-0.25, -0.2) is 0 Å². The topological polar surface area (TPSA) is 47.6 Å². The summed E-state index contributed by atoms with van der Waals surface area (Å²) in [5, 5.41) is 5.03. The van der Waals surface area contributed by atoms with E-state index in [-0.39, 0.29) is 12.5 Å². The molecule has 0 aliphatic carbocycles. The molecule has 4 nitrogen and oxygen atoms in total. The number of ether oxygens (including phenoxy) is 2. The molecule has 5 heteroatoms. The number of amides is 1. The van der Waals surface area contributed by atoms with Crippen molar-refractivity contribution in [2.75, 3.05) is 13.2 Å². The van der Waals surface area contributed by atoms with Crippen LogP contribution < -0.4 is 14.8 Å². The second-order valence-corrected chi connectivity index (χ2v) is 6.50. The summed E-state index contributed by atoms with van der Waals surface area (Å²) in [5.41, 5.74) is 0.939. The molecule has 0 atom stereocenters. The van der Waals surface area contributed by atoms with E-state index in [9.17, 15) is 4.79 Å². The molecular formula is C21H20BrNO3. The molecule has 0 aromatic heterocycles. The van der Waals surface area contributed by atoms with Crippen LogP contribution in [-0.2, 0) is 11.3 Å². The lowest BCUT2D eigenvalue weighted by Gasteiger charge is -2.12. The molecule has 1 amide bonds. The number of carbonyl (C=O) groups excluding carboxylic acids is 1. The number of benzene rings is 3. The zero-order chi connectivity index (χ0) is 18.4. The molecule has 3 rings (SSSR count). The van der Waals surface area contributed by atoms with Crippen molar-refractivity contribution in [3.8, 4) is 11.5 Å². The zero-order valence-corrected chi connectivity index (χ0v) is 16.1. The molecule has 0 unspecified atom stereocenters. The van der Waals surface area contributed by atoms with E-state index in [1.165, 1.54) is 0 Å². The molecule has 0 fully saturated rings. The molecule has 1 N–H and O–H groups in total. The number of para-hydroxylation sites is 1. The fourth-order valence-corrected chi connectivity index (χ4v) is 3.27. The third-order valence-electron chi connectivity index (χ3n) is 3.94. The first-order valence-corrected chi connectivity index (χ1v) is 9.25. The van der Waals surface area contributed by atoms with Crippen LogP contribution in [0.25, 0.3) is 10.8 Å². The molecule has 26 heavy (non-hydrogen) atoms. The smallest absolute Gasteiger partial charge is 0.258 e. The first-order valence-electron chi connectivity index (χ1n) is 8.46. The van der Waals surface area contributed by atoms with Crippen molar-refractivity contribution in [3.63, 3.8) is 0 Å². The van der Waals surface area contributed by atoms with Gasteiger partial charge in [-0.2, -0.15) is 0 Å². The van der Waals surface area contributed by atoms with Crippen LogP contribution in [0.2, 0.25) is 0 Å². The highest BCUT2D eigenvalue weighted by Crippen LogP contribution is 2.32. The highest BCUT2D eigenvalue weighted by atomic mass is 79.9. The number of hydrogen-bond acceptors (Lipinski definition) is 3. The highest BCUT2D eigenvalue weighted by molar-refractivity contribution is 9.10. The van der Waals surface area contributed by atoms with Crippen LogP contribution in [0.4, 0.5) is 0 Å². The third-order valence-corrected chi connectivity index (χ3v) is 4.75. The van der Waals surface area contributed by atoms with Crippen molar-refractivity contribution in [2.24, 2.45) is 0 Å². The molecular weight excluding hydrogens is 394 g/mol. The van der Waals surface area contributed by atoms with Crippen LogP contribution in [0.1, 0.15) is 12.5 Å². The molecule has 0 spiro atoms. The van der Waals surface area contributed by atoms with Gasteiger partial charge in [0.1, 0.15) is 11.5 Å². The Balaban J connectivity index is 1.59. The minimum absolute atomic E-state index is 0.0479. The number of hydrogen-bond donors (Lipinski definition) is 1. The molecule has 134 valence electrons. The quantitative estimate of drug-likeness (QED) is 0.610. The first kappa shape index (κ1) is 18.3. The Morgan fingerprint density at radius 2 is 1.73 bits per heavy atom. The minimum atomic E-state index is -0.184. The lowest BCUT2D eigenvalue weighted by Crippen LogP contribution is -2.28. The Bertz CT molecular complexity index is 911. The Hall–Kier alpha value is -2.53. The normalized spacial score (nSPS) is 10.5. The first-order chi connectivity index (χ1) is 12.7. The summed E-state index contributed by atoms with van der Waals surface area (Å²) in [4.78, 5) is 12.1. The highest BCUT2D eigenvalue weighted by Gasteiger charge is 2.09. The van der Waals surface area contributed by atoms with Crippen molar-refractivity contribution < 1.29 is 14.3 Å². The maximum atomic E-state index is 12.1. The van der Waals surface area contributed by atoms with Gasteiger partial charge in [-0.05, 0) is 45.8 Å². The third kappa shape index (κ3) is 4.35. The molecule has 0 heterocycles. The van der Waals surface area contributed by atoms with Gasteiger partial charge in [-0.15, -0.1) is 0 Å². The fourth-order valence-electron chi connectivity index (χ4n) is 2.66. The molecule has 0 aliphatic rings. The van der Waals surface area contributed by atoms with Crippen LogP contribution >= 0.6 is 15.9 Å². The summed E-state index contributed by atoms with van der Waals surface area (Å²) >= 11 is 3.56. The number of carbonyl (C=O) groups is 1. The molecule has 0 bridgehead atoms. The Morgan fingerprint density at radius 3 is 2.58 bits per heavy atom. The second-order valence-electron chi connectivity index (χ2n) is 5.70. The lowest BCUT2D eigenvalue weighted by atomic mass is 10.1. The van der Waals surface area contributed by atoms with E-state index in [0.29, 0.717) is 18.9 Å². The number of fused-ring (bicyclic) bond motifs is 1. The lowest BCUT2D eigenvalue weighted by molar-refractivity contribution is -0.123. The summed E-state index contributed by atoms with van der Waals surface area (Å²) in [6.45, 7) is 2.87. The molecule has 0 radical (unpaired) electrons. The number of nitrogens with one attached hydrogen (secondary N) is 1. The molecule has 0 aliphatic heterocycles. The van der Waals surface area contributed by atoms with Crippen LogP contribution in [0.15, 0.2) is 65.1 Å². The van der Waals surface area contributed by atoms with Crippen molar-refractivity contribution >= 4 is 32.6 Å². The molecule has 3 aromatic rings. The van der Waals surface area contributed by atoms with Crippen LogP contribution in [0, 0.1) is 0 Å². The summed E-state index contributed by atoms with van der Waals surface area (Å²) in [6.07, 6.45) is 0. The van der Waals surface area contributed by atoms with Crippen LogP contribution in [-0.4, -0.2) is 19.1 Å². The zero-order valence-electron chi connectivity index (χ0n) is 14.5. The van der Waals surface area contributed by atoms with Gasteiger partial charge in [0.2, 0.25) is 0 Å². The maximum absolute atomic E-state index is 12.1. The number of halogens is 1. The molecule has 3 aromatic carbocycles. The Labute approximate surface area is 161 Å². The van der Waals surface area contributed by atoms with Gasteiger partial charge in [0, 0.05) is 12.1 Å². The van der Waals surface area contributed by atoms with Gasteiger partial charge in [0.05, 0.1) is 11.1 Å². The summed E-state index contributed by atoms with van der Waals surface area (Å²) in [6, 6.07) is 19.5. The molecule has 0 saturated carbocycles. The minimum Gasteiger partial charge on any atom is -0.494 e. The predicted molar refractivity (Wildman–Crippen MR) is 107 cm³/mol. The average Bonchev–Trinajstić information content (AvgIpc) is 2.67. The summed E-state index contributed by atoms with van der Waals surface area (Å²) in [5.74, 6) is 1.25. The van der Waals surface area contributed by atoms with Gasteiger partial charge in [0.25, 0.3) is 5.91 Å². The van der Waals surface area contributed by atoms with Crippen LogP contribution in [0.3, 0.4) is 0 Å². The van der Waals surface area contributed by atoms with E-state index in [1.54, 1.807) is 0 Å². The SMILES string of the molecule is CCOc1ccccc1CNC(=O)COc1ccc2ccccc2c1Br. The van der Waals surface area contributed by atoms with Crippen molar-refractivity contribution in [1.82, 2.24) is 5.32 Å². The fraction of sp³-hybridized carbons (Fsp3) is 0.190. The average molecular weight is 414 g/mol. The van der Waals surface area contributed by atoms with Gasteiger partial charge >= 0.3 is 0 Å². The Morgan fingerprint density at radius 1 is 0.962 bits per heavy atom. The van der Waals surface area contributed by atoms with E-state index < -0.39 is 0 Å². The van der Waals surface area contributed by atoms with Gasteiger partial charge < -0.3 is 14.8 Å². The number of rotatable bonds is 7. The van der Waals surface area contributed by atoms with E-state index in [2.05, 4.69) is 21.2 Å². The van der Waals surface area contributed by atoms with Crippen molar-refractivity contribution in [2.45, 2.75) is 13.5 Å². The maximum Gasteiger partial charge on any atom is 0.258 e. The van der Waals surface area contributed by atoms with Crippen LogP contribution in [0.5, 0.6) is 11.5 Å². The standard InChI is InChI=1S/C21H20BrNO3/c1-2-25-18-10-6-4-8-16(18)13-23-20(24)14-26-19-12-11-15-7-3-5-9-17(15)21(19)22/h3-12H,2,13-14H2,1H3,(H,23,24). The van der Waals surface area contributed by atoms with E-state index in [0.717, 1.165) is 26.6 Å². The predicted octanol–water partition coefficient (Wildman–Crippen LogP) is 4.70. The molecule has 0 saturated heterocycles. The van der Waals surface area contributed by atoms with E-state index in [1.807, 2.05) is 67.6 Å². The van der Waals surface area contributed by atoms with E-state index in [4.69, 9.17) is 9.47 Å². The van der Waals surface area contributed by atoms with Gasteiger partial charge in [0.15, 0.2) is 6.61 Å². The van der Waals surface area contributed by atoms with Gasteiger partial charge in [-0.3, -0.25) is 4.79 Å². The Kier molecular flexibility index (Phi) is 6.12. The second kappa shape index (κ2) is 8.72. The monoisotopic (exact) mass is 413 g/mol. The van der Waals surface area contributed by atoms with E-state index >= 15 is 0 Å². The van der Waals surface area contributed by atoms with Gasteiger partial charge in [-0.1, -0.05) is 48.5 Å². The summed E-state index contributed by atoms with van der Waals surface area (Å²) < 4.78 is 12.1.